The fourth-order valence-electron chi connectivity index (χ4n) is 1.63. The van der Waals surface area contributed by atoms with Crippen LogP contribution in [-0.2, 0) is 0 Å². The number of hydrogen-bond acceptors (Lipinski definition) is 3. The maximum absolute atomic E-state index is 10.5. The molecule has 2 heterocycles. The van der Waals surface area contributed by atoms with Gasteiger partial charge in [0.2, 0.25) is 0 Å². The van der Waals surface area contributed by atoms with Gasteiger partial charge in [-0.3, -0.25) is 4.79 Å². The van der Waals surface area contributed by atoms with E-state index in [2.05, 4.69) is 9.88 Å². The predicted molar refractivity (Wildman–Crippen MR) is 51.1 cm³/mol. The van der Waals surface area contributed by atoms with E-state index < -0.39 is 0 Å². The molecule has 3 heteroatoms. The van der Waals surface area contributed by atoms with Gasteiger partial charge in [0, 0.05) is 24.8 Å². The van der Waals surface area contributed by atoms with Crippen molar-refractivity contribution < 1.29 is 4.79 Å². The van der Waals surface area contributed by atoms with Gasteiger partial charge >= 0.3 is 0 Å². The minimum Gasteiger partial charge on any atom is -0.357 e. The predicted octanol–water partition coefficient (Wildman–Crippen LogP) is 1.49. The molecule has 1 aliphatic rings. The fourth-order valence-corrected chi connectivity index (χ4v) is 1.63. The fraction of sp³-hybridized carbons (Fsp3) is 0.400. The third kappa shape index (κ3) is 1.69. The van der Waals surface area contributed by atoms with Crippen molar-refractivity contribution in [2.75, 3.05) is 18.0 Å². The van der Waals surface area contributed by atoms with Crippen LogP contribution in [0.2, 0.25) is 0 Å². The van der Waals surface area contributed by atoms with E-state index in [1.54, 1.807) is 12.3 Å². The Balaban J connectivity index is 2.23. The lowest BCUT2D eigenvalue weighted by Gasteiger charge is -2.15. The molecule has 0 amide bonds. The largest absolute Gasteiger partial charge is 0.357 e. The lowest BCUT2D eigenvalue weighted by atomic mass is 10.3. The van der Waals surface area contributed by atoms with Gasteiger partial charge in [0.05, 0.1) is 0 Å². The van der Waals surface area contributed by atoms with Crippen molar-refractivity contribution in [1.82, 2.24) is 4.98 Å². The summed E-state index contributed by atoms with van der Waals surface area (Å²) < 4.78 is 0. The molecule has 0 aliphatic carbocycles. The van der Waals surface area contributed by atoms with Gasteiger partial charge in [-0.15, -0.1) is 0 Å². The van der Waals surface area contributed by atoms with Gasteiger partial charge in [0.15, 0.2) is 0 Å². The first-order valence-corrected chi connectivity index (χ1v) is 4.56. The SMILES string of the molecule is O=Cc1ccnc(N2CCCC2)c1. The van der Waals surface area contributed by atoms with E-state index in [9.17, 15) is 4.79 Å². The second-order valence-electron chi connectivity index (χ2n) is 3.26. The summed E-state index contributed by atoms with van der Waals surface area (Å²) in [7, 11) is 0. The Bertz CT molecular complexity index is 306. The van der Waals surface area contributed by atoms with E-state index in [1.165, 1.54) is 12.8 Å². The summed E-state index contributed by atoms with van der Waals surface area (Å²) in [6.45, 7) is 2.13. The Hall–Kier alpha value is -1.38. The van der Waals surface area contributed by atoms with Crippen molar-refractivity contribution in [2.24, 2.45) is 0 Å². The highest BCUT2D eigenvalue weighted by Crippen LogP contribution is 2.17. The smallest absolute Gasteiger partial charge is 0.150 e. The van der Waals surface area contributed by atoms with Crippen molar-refractivity contribution in [1.29, 1.82) is 0 Å². The van der Waals surface area contributed by atoms with Crippen LogP contribution in [0.15, 0.2) is 18.3 Å². The van der Waals surface area contributed by atoms with Gasteiger partial charge < -0.3 is 4.90 Å². The van der Waals surface area contributed by atoms with Gasteiger partial charge in [-0.2, -0.15) is 0 Å². The van der Waals surface area contributed by atoms with Gasteiger partial charge in [-0.25, -0.2) is 4.98 Å². The molecule has 2 rings (SSSR count). The third-order valence-corrected chi connectivity index (χ3v) is 2.34. The summed E-state index contributed by atoms with van der Waals surface area (Å²) in [5, 5.41) is 0. The molecule has 68 valence electrons. The minimum atomic E-state index is 0.705. The average Bonchev–Trinajstić information content (AvgIpc) is 2.71. The number of carbonyl (C=O) groups is 1. The quantitative estimate of drug-likeness (QED) is 0.640. The van der Waals surface area contributed by atoms with Crippen molar-refractivity contribution in [3.05, 3.63) is 23.9 Å². The first-order valence-electron chi connectivity index (χ1n) is 4.56. The van der Waals surface area contributed by atoms with E-state index in [4.69, 9.17) is 0 Å². The summed E-state index contributed by atoms with van der Waals surface area (Å²) >= 11 is 0. The summed E-state index contributed by atoms with van der Waals surface area (Å²) in [6, 6.07) is 3.57. The molecular weight excluding hydrogens is 164 g/mol. The number of nitrogens with zero attached hydrogens (tertiary/aromatic N) is 2. The number of rotatable bonds is 2. The second kappa shape index (κ2) is 3.56. The monoisotopic (exact) mass is 176 g/mol. The Morgan fingerprint density at radius 3 is 2.85 bits per heavy atom. The molecule has 13 heavy (non-hydrogen) atoms. The van der Waals surface area contributed by atoms with Crippen LogP contribution in [0.1, 0.15) is 23.2 Å². The Labute approximate surface area is 77.4 Å². The summed E-state index contributed by atoms with van der Waals surface area (Å²) in [5.41, 5.74) is 0.705. The molecule has 0 N–H and O–H groups in total. The standard InChI is InChI=1S/C10H12N2O/c13-8-9-3-4-11-10(7-9)12-5-1-2-6-12/h3-4,7-8H,1-2,5-6H2. The zero-order chi connectivity index (χ0) is 9.10. The maximum Gasteiger partial charge on any atom is 0.150 e. The molecule has 0 spiro atoms. The summed E-state index contributed by atoms with van der Waals surface area (Å²) in [5.74, 6) is 0.933. The van der Waals surface area contributed by atoms with Crippen molar-refractivity contribution in [2.45, 2.75) is 12.8 Å². The second-order valence-corrected chi connectivity index (χ2v) is 3.26. The van der Waals surface area contributed by atoms with Crippen molar-refractivity contribution in [3.8, 4) is 0 Å². The van der Waals surface area contributed by atoms with Crippen LogP contribution in [0, 0.1) is 0 Å². The van der Waals surface area contributed by atoms with Crippen LogP contribution in [0.3, 0.4) is 0 Å². The van der Waals surface area contributed by atoms with E-state index >= 15 is 0 Å². The highest BCUT2D eigenvalue weighted by atomic mass is 16.1. The molecule has 1 aromatic heterocycles. The lowest BCUT2D eigenvalue weighted by molar-refractivity contribution is 0.112. The van der Waals surface area contributed by atoms with Gasteiger partial charge in [0.1, 0.15) is 12.1 Å². The Kier molecular flexibility index (Phi) is 2.25. The minimum absolute atomic E-state index is 0.705. The molecular formula is C10H12N2O. The highest BCUT2D eigenvalue weighted by molar-refractivity contribution is 5.76. The van der Waals surface area contributed by atoms with Crippen molar-refractivity contribution >= 4 is 12.1 Å². The van der Waals surface area contributed by atoms with Crippen molar-refractivity contribution in [3.63, 3.8) is 0 Å². The zero-order valence-electron chi connectivity index (χ0n) is 7.44. The number of pyridine rings is 1. The van der Waals surface area contributed by atoms with E-state index in [1.807, 2.05) is 6.07 Å². The molecule has 1 fully saturated rings. The molecule has 0 bridgehead atoms. The molecule has 1 saturated heterocycles. The number of hydrogen-bond donors (Lipinski definition) is 0. The normalized spacial score (nSPS) is 16.2. The first kappa shape index (κ1) is 8.23. The Morgan fingerprint density at radius 1 is 1.38 bits per heavy atom. The number of carbonyl (C=O) groups excluding carboxylic acids is 1. The third-order valence-electron chi connectivity index (χ3n) is 2.34. The lowest BCUT2D eigenvalue weighted by Crippen LogP contribution is -2.18. The van der Waals surface area contributed by atoms with E-state index in [0.29, 0.717) is 5.56 Å². The molecule has 1 aromatic rings. The molecule has 0 unspecified atom stereocenters. The summed E-state index contributed by atoms with van der Waals surface area (Å²) in [4.78, 5) is 17.0. The molecule has 0 aromatic carbocycles. The van der Waals surface area contributed by atoms with Crippen LogP contribution in [-0.4, -0.2) is 24.4 Å². The van der Waals surface area contributed by atoms with Gasteiger partial charge in [-0.1, -0.05) is 0 Å². The molecule has 3 nitrogen and oxygen atoms in total. The zero-order valence-corrected chi connectivity index (χ0v) is 7.44. The van der Waals surface area contributed by atoms with Crippen LogP contribution in [0.25, 0.3) is 0 Å². The summed E-state index contributed by atoms with van der Waals surface area (Å²) in [6.07, 6.45) is 5.01. The Morgan fingerprint density at radius 2 is 2.15 bits per heavy atom. The molecule has 1 aliphatic heterocycles. The topological polar surface area (TPSA) is 33.2 Å². The highest BCUT2D eigenvalue weighted by Gasteiger charge is 2.13. The van der Waals surface area contributed by atoms with Crippen LogP contribution in [0.5, 0.6) is 0 Å². The number of anilines is 1. The van der Waals surface area contributed by atoms with Gasteiger partial charge in [-0.05, 0) is 25.0 Å². The van der Waals surface area contributed by atoms with Gasteiger partial charge in [0.25, 0.3) is 0 Å². The average molecular weight is 176 g/mol. The maximum atomic E-state index is 10.5. The molecule has 0 saturated carbocycles. The van der Waals surface area contributed by atoms with E-state index in [-0.39, 0.29) is 0 Å². The molecule has 0 atom stereocenters. The number of aromatic nitrogens is 1. The molecule has 0 radical (unpaired) electrons. The van der Waals surface area contributed by atoms with Crippen LogP contribution < -0.4 is 4.90 Å². The first-order chi connectivity index (χ1) is 6.40. The van der Waals surface area contributed by atoms with E-state index in [0.717, 1.165) is 25.2 Å². The van der Waals surface area contributed by atoms with Crippen LogP contribution in [0.4, 0.5) is 5.82 Å². The van der Waals surface area contributed by atoms with Crippen LogP contribution >= 0.6 is 0 Å². The number of aldehydes is 1.